The van der Waals surface area contributed by atoms with Crippen molar-refractivity contribution < 1.29 is 4.39 Å². The summed E-state index contributed by atoms with van der Waals surface area (Å²) in [5.41, 5.74) is 11.5. The average Bonchev–Trinajstić information content (AvgIpc) is 2.64. The van der Waals surface area contributed by atoms with E-state index in [4.69, 9.17) is 12.2 Å². The summed E-state index contributed by atoms with van der Waals surface area (Å²) >= 11 is 5.49. The van der Waals surface area contributed by atoms with Crippen molar-refractivity contribution in [3.63, 3.8) is 0 Å². The van der Waals surface area contributed by atoms with Gasteiger partial charge >= 0.3 is 0 Å². The highest BCUT2D eigenvalue weighted by Gasteiger charge is 2.17. The van der Waals surface area contributed by atoms with E-state index < -0.39 is 0 Å². The highest BCUT2D eigenvalue weighted by atomic mass is 32.1. The van der Waals surface area contributed by atoms with Crippen molar-refractivity contribution >= 4 is 29.2 Å². The number of halogens is 1. The summed E-state index contributed by atoms with van der Waals surface area (Å²) in [6.07, 6.45) is 5.32. The van der Waals surface area contributed by atoms with Gasteiger partial charge in [0.25, 0.3) is 0 Å². The minimum atomic E-state index is -0.275. The summed E-state index contributed by atoms with van der Waals surface area (Å²) in [4.78, 5) is 4.40. The molecular formula is C17H21FN6S. The van der Waals surface area contributed by atoms with Crippen molar-refractivity contribution in [2.45, 2.75) is 0 Å². The Labute approximate surface area is 152 Å². The van der Waals surface area contributed by atoms with Crippen LogP contribution in [0.1, 0.15) is 5.56 Å². The van der Waals surface area contributed by atoms with Gasteiger partial charge in [-0.3, -0.25) is 16.3 Å². The highest BCUT2D eigenvalue weighted by molar-refractivity contribution is 7.80. The number of rotatable bonds is 3. The van der Waals surface area contributed by atoms with E-state index >= 15 is 0 Å². The first kappa shape index (κ1) is 17.4. The van der Waals surface area contributed by atoms with Crippen molar-refractivity contribution in [3.8, 4) is 0 Å². The third kappa shape index (κ3) is 4.55. The van der Waals surface area contributed by atoms with Gasteiger partial charge in [-0.25, -0.2) is 4.39 Å². The van der Waals surface area contributed by atoms with Crippen LogP contribution in [-0.2, 0) is 0 Å². The highest BCUT2D eigenvalue weighted by Crippen LogP contribution is 2.17. The average molecular weight is 360 g/mol. The molecule has 3 rings (SSSR count). The number of hydrazine groups is 1. The standard InChI is InChI=1S/C17H21FN6S/c1-23-8-10-24(11-9-23)17(25)22-21-16(14-6-7-19-20-12-14)13-2-4-15(18)5-3-13/h2-7,12,19,21H,8-11H2,1H3,(H,22,25). The fourth-order valence-electron chi connectivity index (χ4n) is 2.60. The summed E-state index contributed by atoms with van der Waals surface area (Å²) < 4.78 is 13.2. The normalized spacial score (nSPS) is 19.4. The van der Waals surface area contributed by atoms with Crippen molar-refractivity contribution in [1.82, 2.24) is 26.1 Å². The summed E-state index contributed by atoms with van der Waals surface area (Å²) in [5.74, 6) is -0.275. The quantitative estimate of drug-likeness (QED) is 0.558. The second-order valence-corrected chi connectivity index (χ2v) is 6.29. The SMILES string of the molecule is CN1CCN(C(=S)NNC(=C2C=CNN=C2)c2ccc(F)cc2)CC1. The van der Waals surface area contributed by atoms with Crippen LogP contribution in [0.5, 0.6) is 0 Å². The molecule has 1 fully saturated rings. The number of piperazine rings is 1. The van der Waals surface area contributed by atoms with E-state index in [0.717, 1.165) is 43.0 Å². The molecule has 6 nitrogen and oxygen atoms in total. The molecule has 1 saturated heterocycles. The second kappa shape index (κ2) is 8.09. The van der Waals surface area contributed by atoms with E-state index in [0.29, 0.717) is 5.11 Å². The molecule has 1 aromatic carbocycles. The second-order valence-electron chi connectivity index (χ2n) is 5.90. The zero-order valence-corrected chi connectivity index (χ0v) is 14.8. The topological polar surface area (TPSA) is 54.9 Å². The monoisotopic (exact) mass is 360 g/mol. The van der Waals surface area contributed by atoms with E-state index in [2.05, 4.69) is 38.2 Å². The minimum Gasteiger partial charge on any atom is -0.345 e. The van der Waals surface area contributed by atoms with Gasteiger partial charge in [-0.1, -0.05) is 0 Å². The molecule has 2 heterocycles. The van der Waals surface area contributed by atoms with Crippen LogP contribution >= 0.6 is 12.2 Å². The molecule has 0 aliphatic carbocycles. The van der Waals surface area contributed by atoms with Crippen LogP contribution in [0.2, 0.25) is 0 Å². The summed E-state index contributed by atoms with van der Waals surface area (Å²) in [6, 6.07) is 6.29. The molecule has 0 aromatic heterocycles. The largest absolute Gasteiger partial charge is 0.345 e. The Morgan fingerprint density at radius 1 is 1.16 bits per heavy atom. The van der Waals surface area contributed by atoms with Crippen LogP contribution in [0.3, 0.4) is 0 Å². The number of benzene rings is 1. The third-order valence-electron chi connectivity index (χ3n) is 4.12. The molecule has 25 heavy (non-hydrogen) atoms. The molecule has 132 valence electrons. The lowest BCUT2D eigenvalue weighted by Gasteiger charge is -2.34. The van der Waals surface area contributed by atoms with Gasteiger partial charge in [0.15, 0.2) is 5.11 Å². The molecule has 0 spiro atoms. The van der Waals surface area contributed by atoms with Crippen molar-refractivity contribution in [2.24, 2.45) is 5.10 Å². The number of nitrogens with one attached hydrogen (secondary N) is 3. The van der Waals surface area contributed by atoms with Gasteiger partial charge in [0, 0.05) is 43.5 Å². The van der Waals surface area contributed by atoms with Gasteiger partial charge in [-0.15, -0.1) is 0 Å². The van der Waals surface area contributed by atoms with Crippen molar-refractivity contribution in [3.05, 3.63) is 53.5 Å². The Morgan fingerprint density at radius 2 is 1.88 bits per heavy atom. The first-order valence-corrected chi connectivity index (χ1v) is 8.49. The number of allylic oxidation sites excluding steroid dienone is 2. The fourth-order valence-corrected chi connectivity index (χ4v) is 2.83. The van der Waals surface area contributed by atoms with Gasteiger partial charge in [-0.05, 0) is 49.6 Å². The minimum absolute atomic E-state index is 0.275. The smallest absolute Gasteiger partial charge is 0.187 e. The van der Waals surface area contributed by atoms with E-state index in [-0.39, 0.29) is 5.82 Å². The molecule has 3 N–H and O–H groups in total. The zero-order valence-electron chi connectivity index (χ0n) is 14.0. The van der Waals surface area contributed by atoms with Gasteiger partial charge in [0.05, 0.1) is 11.9 Å². The van der Waals surface area contributed by atoms with Crippen LogP contribution < -0.4 is 16.3 Å². The van der Waals surface area contributed by atoms with Crippen LogP contribution in [0.4, 0.5) is 4.39 Å². The molecule has 0 bridgehead atoms. The number of nitrogens with zero attached hydrogens (tertiary/aromatic N) is 3. The van der Waals surface area contributed by atoms with E-state index in [9.17, 15) is 4.39 Å². The Bertz CT molecular complexity index is 690. The van der Waals surface area contributed by atoms with Gasteiger partial charge < -0.3 is 9.80 Å². The number of hydrogen-bond donors (Lipinski definition) is 3. The molecule has 0 atom stereocenters. The maximum absolute atomic E-state index is 13.2. The third-order valence-corrected chi connectivity index (χ3v) is 4.48. The van der Waals surface area contributed by atoms with Crippen molar-refractivity contribution in [2.75, 3.05) is 33.2 Å². The predicted molar refractivity (Wildman–Crippen MR) is 102 cm³/mol. The van der Waals surface area contributed by atoms with E-state index in [1.807, 2.05) is 6.08 Å². The zero-order chi connectivity index (χ0) is 17.6. The van der Waals surface area contributed by atoms with Gasteiger partial charge in [-0.2, -0.15) is 5.10 Å². The molecule has 2 aliphatic heterocycles. The Hall–Kier alpha value is -2.45. The molecule has 1 aromatic rings. The fraction of sp³-hybridized carbons (Fsp3) is 0.294. The van der Waals surface area contributed by atoms with Gasteiger partial charge in [0.2, 0.25) is 0 Å². The molecule has 2 aliphatic rings. The van der Waals surface area contributed by atoms with E-state index in [1.54, 1.807) is 24.5 Å². The Morgan fingerprint density at radius 3 is 2.52 bits per heavy atom. The molecule has 0 saturated carbocycles. The van der Waals surface area contributed by atoms with E-state index in [1.165, 1.54) is 12.1 Å². The van der Waals surface area contributed by atoms with Crippen LogP contribution in [-0.4, -0.2) is 54.4 Å². The first-order valence-electron chi connectivity index (χ1n) is 8.08. The maximum Gasteiger partial charge on any atom is 0.187 e. The summed E-state index contributed by atoms with van der Waals surface area (Å²) in [6.45, 7) is 3.74. The molecule has 0 unspecified atom stereocenters. The van der Waals surface area contributed by atoms with Crippen molar-refractivity contribution in [1.29, 1.82) is 0 Å². The maximum atomic E-state index is 13.2. The Kier molecular flexibility index (Phi) is 5.62. The first-order chi connectivity index (χ1) is 12.1. The number of hydrogen-bond acceptors (Lipinski definition) is 5. The lowest BCUT2D eigenvalue weighted by molar-refractivity contribution is 0.213. The summed E-state index contributed by atoms with van der Waals surface area (Å²) in [5, 5.41) is 4.68. The molecule has 0 amide bonds. The lowest BCUT2D eigenvalue weighted by Crippen LogP contribution is -2.53. The predicted octanol–water partition coefficient (Wildman–Crippen LogP) is 1.27. The molecular weight excluding hydrogens is 339 g/mol. The van der Waals surface area contributed by atoms with Crippen LogP contribution in [0.25, 0.3) is 5.70 Å². The van der Waals surface area contributed by atoms with Gasteiger partial charge in [0.1, 0.15) is 5.82 Å². The van der Waals surface area contributed by atoms with Crippen LogP contribution in [0, 0.1) is 5.82 Å². The Balaban J connectivity index is 1.73. The summed E-state index contributed by atoms with van der Waals surface area (Å²) in [7, 11) is 2.10. The number of likely N-dealkylation sites (N-methyl/N-ethyl adjacent to an activating group) is 1. The number of thiocarbonyl (C=S) groups is 1. The lowest BCUT2D eigenvalue weighted by atomic mass is 10.1. The molecule has 8 heteroatoms. The van der Waals surface area contributed by atoms with Crippen LogP contribution in [0.15, 0.2) is 47.2 Å². The number of hydrazone groups is 1. The molecule has 0 radical (unpaired) electrons.